The highest BCUT2D eigenvalue weighted by atomic mass is 35.5. The number of halogens is 2. The number of nitrogens with zero attached hydrogens (tertiary/aromatic N) is 2. The average molecular weight is 351 g/mol. The van der Waals surface area contributed by atoms with E-state index in [9.17, 15) is 0 Å². The molecule has 2 aromatic carbocycles. The molecule has 3 aromatic rings. The molecule has 0 radical (unpaired) electrons. The van der Waals surface area contributed by atoms with E-state index in [4.69, 9.17) is 27.6 Å². The topological polar surface area (TPSA) is 38.9 Å². The molecule has 0 fully saturated rings. The molecule has 0 bridgehead atoms. The highest BCUT2D eigenvalue weighted by molar-refractivity contribution is 7.99. The third-order valence-electron chi connectivity index (χ3n) is 3.02. The molecule has 0 N–H and O–H groups in total. The second kappa shape index (κ2) is 6.73. The molecule has 0 aliphatic carbocycles. The van der Waals surface area contributed by atoms with Crippen LogP contribution in [0.1, 0.15) is 18.1 Å². The van der Waals surface area contributed by atoms with Crippen LogP contribution in [-0.2, 0) is 0 Å². The number of hydrogen-bond acceptors (Lipinski definition) is 4. The van der Waals surface area contributed by atoms with E-state index < -0.39 is 0 Å². The van der Waals surface area contributed by atoms with Crippen LogP contribution < -0.4 is 0 Å². The summed E-state index contributed by atoms with van der Waals surface area (Å²) in [5.41, 5.74) is 0.897. The molecule has 6 heteroatoms. The van der Waals surface area contributed by atoms with Crippen molar-refractivity contribution in [2.24, 2.45) is 0 Å². The minimum absolute atomic E-state index is 0.0534. The number of rotatable bonds is 4. The molecule has 0 saturated heterocycles. The van der Waals surface area contributed by atoms with Gasteiger partial charge in [0.1, 0.15) is 0 Å². The van der Waals surface area contributed by atoms with Gasteiger partial charge in [0.15, 0.2) is 0 Å². The van der Waals surface area contributed by atoms with E-state index in [1.165, 1.54) is 11.8 Å². The van der Waals surface area contributed by atoms with Gasteiger partial charge >= 0.3 is 0 Å². The first-order valence-electron chi connectivity index (χ1n) is 6.64. The molecular weight excluding hydrogens is 339 g/mol. The van der Waals surface area contributed by atoms with E-state index in [1.54, 1.807) is 0 Å². The van der Waals surface area contributed by atoms with E-state index in [0.717, 1.165) is 10.5 Å². The summed E-state index contributed by atoms with van der Waals surface area (Å²) in [6, 6.07) is 15.1. The van der Waals surface area contributed by atoms with Crippen molar-refractivity contribution in [1.29, 1.82) is 0 Å². The van der Waals surface area contributed by atoms with Gasteiger partial charge in [-0.2, -0.15) is 0 Å². The maximum absolute atomic E-state index is 6.19. The molecule has 1 atom stereocenters. The normalized spacial score (nSPS) is 12.3. The van der Waals surface area contributed by atoms with Gasteiger partial charge in [-0.1, -0.05) is 47.5 Å². The van der Waals surface area contributed by atoms with Crippen LogP contribution in [0.3, 0.4) is 0 Å². The molecule has 0 amide bonds. The van der Waals surface area contributed by atoms with Gasteiger partial charge in [-0.3, -0.25) is 0 Å². The highest BCUT2D eigenvalue weighted by Crippen LogP contribution is 2.42. The SMILES string of the molecule is C[C@H](Sc1c(Cl)cccc1Cl)c1nnc(-c2ccccc2)o1. The summed E-state index contributed by atoms with van der Waals surface area (Å²) in [6.45, 7) is 1.98. The summed E-state index contributed by atoms with van der Waals surface area (Å²) in [5, 5.41) is 9.40. The smallest absolute Gasteiger partial charge is 0.247 e. The molecule has 0 spiro atoms. The van der Waals surface area contributed by atoms with Crippen LogP contribution in [-0.4, -0.2) is 10.2 Å². The molecule has 1 aromatic heterocycles. The van der Waals surface area contributed by atoms with Crippen molar-refractivity contribution in [2.45, 2.75) is 17.1 Å². The van der Waals surface area contributed by atoms with Crippen LogP contribution >= 0.6 is 35.0 Å². The summed E-state index contributed by atoms with van der Waals surface area (Å²) in [6.07, 6.45) is 0. The van der Waals surface area contributed by atoms with Crippen LogP contribution in [0.4, 0.5) is 0 Å². The lowest BCUT2D eigenvalue weighted by Gasteiger charge is -2.09. The Morgan fingerprint density at radius 2 is 1.64 bits per heavy atom. The molecule has 0 unspecified atom stereocenters. The summed E-state index contributed by atoms with van der Waals surface area (Å²) in [7, 11) is 0. The Hall–Kier alpha value is -1.49. The fourth-order valence-electron chi connectivity index (χ4n) is 1.92. The van der Waals surface area contributed by atoms with Crippen LogP contribution in [0.5, 0.6) is 0 Å². The van der Waals surface area contributed by atoms with Crippen molar-refractivity contribution in [3.05, 3.63) is 64.5 Å². The average Bonchev–Trinajstić information content (AvgIpc) is 3.02. The molecule has 0 aliphatic rings. The lowest BCUT2D eigenvalue weighted by molar-refractivity contribution is 0.509. The standard InChI is InChI=1S/C16H12Cl2N2OS/c1-10(22-14-12(17)8-5-9-13(14)18)15-19-20-16(21-15)11-6-3-2-4-7-11/h2-10H,1H3/t10-/m0/s1. The third-order valence-corrected chi connectivity index (χ3v) is 5.11. The summed E-state index contributed by atoms with van der Waals surface area (Å²) < 4.78 is 5.75. The van der Waals surface area contributed by atoms with E-state index in [-0.39, 0.29) is 5.25 Å². The van der Waals surface area contributed by atoms with Gasteiger partial charge in [0.2, 0.25) is 11.8 Å². The van der Waals surface area contributed by atoms with Crippen molar-refractivity contribution >= 4 is 35.0 Å². The monoisotopic (exact) mass is 350 g/mol. The van der Waals surface area contributed by atoms with E-state index >= 15 is 0 Å². The van der Waals surface area contributed by atoms with Gasteiger partial charge in [0.25, 0.3) is 0 Å². The van der Waals surface area contributed by atoms with Crippen molar-refractivity contribution in [1.82, 2.24) is 10.2 Å². The summed E-state index contributed by atoms with van der Waals surface area (Å²) in [5.74, 6) is 1.05. The number of benzene rings is 2. The second-order valence-corrected chi connectivity index (χ2v) is 6.79. The molecule has 112 valence electrons. The second-order valence-electron chi connectivity index (χ2n) is 4.62. The fourth-order valence-corrected chi connectivity index (χ4v) is 3.49. The first-order valence-corrected chi connectivity index (χ1v) is 8.28. The zero-order valence-corrected chi connectivity index (χ0v) is 14.0. The third kappa shape index (κ3) is 3.29. The lowest BCUT2D eigenvalue weighted by Crippen LogP contribution is -1.89. The predicted octanol–water partition coefficient (Wildman–Crippen LogP) is 5.90. The Morgan fingerprint density at radius 1 is 0.955 bits per heavy atom. The fraction of sp³-hybridized carbons (Fsp3) is 0.125. The molecule has 22 heavy (non-hydrogen) atoms. The van der Waals surface area contributed by atoms with Crippen molar-refractivity contribution in [3.63, 3.8) is 0 Å². The minimum Gasteiger partial charge on any atom is -0.419 e. The molecule has 0 aliphatic heterocycles. The van der Waals surface area contributed by atoms with Crippen LogP contribution in [0, 0.1) is 0 Å². The first kappa shape index (κ1) is 15.4. The van der Waals surface area contributed by atoms with Crippen molar-refractivity contribution in [2.75, 3.05) is 0 Å². The number of thioether (sulfide) groups is 1. The predicted molar refractivity (Wildman–Crippen MR) is 90.5 cm³/mol. The Kier molecular flexibility index (Phi) is 4.71. The Labute approximate surface area is 142 Å². The molecule has 1 heterocycles. The van der Waals surface area contributed by atoms with Gasteiger partial charge in [-0.25, -0.2) is 0 Å². The van der Waals surface area contributed by atoms with E-state index in [2.05, 4.69) is 10.2 Å². The maximum atomic E-state index is 6.19. The lowest BCUT2D eigenvalue weighted by atomic mass is 10.2. The van der Waals surface area contributed by atoms with Crippen molar-refractivity contribution in [3.8, 4) is 11.5 Å². The van der Waals surface area contributed by atoms with Gasteiger partial charge in [-0.05, 0) is 31.2 Å². The number of hydrogen-bond donors (Lipinski definition) is 0. The van der Waals surface area contributed by atoms with Gasteiger partial charge in [0, 0.05) is 10.5 Å². The minimum atomic E-state index is -0.0534. The van der Waals surface area contributed by atoms with Gasteiger partial charge < -0.3 is 4.42 Å². The Balaban J connectivity index is 1.82. The molecular formula is C16H12Cl2N2OS. The summed E-state index contributed by atoms with van der Waals surface area (Å²) in [4.78, 5) is 0.817. The molecule has 3 nitrogen and oxygen atoms in total. The maximum Gasteiger partial charge on any atom is 0.247 e. The van der Waals surface area contributed by atoms with Gasteiger partial charge in [0.05, 0.1) is 15.3 Å². The Bertz CT molecular complexity index is 757. The van der Waals surface area contributed by atoms with Crippen molar-refractivity contribution < 1.29 is 4.42 Å². The zero-order chi connectivity index (χ0) is 15.5. The molecule has 3 rings (SSSR count). The largest absolute Gasteiger partial charge is 0.419 e. The van der Waals surface area contributed by atoms with E-state index in [0.29, 0.717) is 21.8 Å². The Morgan fingerprint density at radius 3 is 2.32 bits per heavy atom. The zero-order valence-electron chi connectivity index (χ0n) is 11.7. The quantitative estimate of drug-likeness (QED) is 0.549. The van der Waals surface area contributed by atoms with Gasteiger partial charge in [-0.15, -0.1) is 22.0 Å². The highest BCUT2D eigenvalue weighted by Gasteiger charge is 2.18. The molecule has 0 saturated carbocycles. The number of aromatic nitrogens is 2. The summed E-state index contributed by atoms with van der Waals surface area (Å²) >= 11 is 13.9. The van der Waals surface area contributed by atoms with Crippen LogP contribution in [0.2, 0.25) is 10.0 Å². The van der Waals surface area contributed by atoms with Crippen LogP contribution in [0.25, 0.3) is 11.5 Å². The van der Waals surface area contributed by atoms with E-state index in [1.807, 2.05) is 55.5 Å². The first-order chi connectivity index (χ1) is 10.6. The van der Waals surface area contributed by atoms with Crippen LogP contribution in [0.15, 0.2) is 57.8 Å².